The van der Waals surface area contributed by atoms with Gasteiger partial charge in [-0.15, -0.1) is 0 Å². The molecule has 196 valence electrons. The fraction of sp³-hybridized carbons (Fsp3) is 0.400. The number of aromatic nitrogens is 3. The van der Waals surface area contributed by atoms with Crippen LogP contribution in [-0.2, 0) is 11.2 Å². The third-order valence-electron chi connectivity index (χ3n) is 6.69. The van der Waals surface area contributed by atoms with Crippen LogP contribution in [0.25, 0.3) is 10.9 Å². The Labute approximate surface area is 220 Å². The van der Waals surface area contributed by atoms with E-state index in [0.29, 0.717) is 13.2 Å². The van der Waals surface area contributed by atoms with Crippen LogP contribution in [0.2, 0.25) is 0 Å². The van der Waals surface area contributed by atoms with Crippen molar-refractivity contribution in [3.63, 3.8) is 0 Å². The van der Waals surface area contributed by atoms with Gasteiger partial charge in [0.05, 0.1) is 6.61 Å². The molecule has 2 aromatic heterocycles. The highest BCUT2D eigenvalue weighted by atomic mass is 16.5. The lowest BCUT2D eigenvalue weighted by atomic mass is 10.1. The van der Waals surface area contributed by atoms with Gasteiger partial charge < -0.3 is 24.8 Å². The zero-order chi connectivity index (χ0) is 26.0. The zero-order valence-electron chi connectivity index (χ0n) is 22.6. The lowest BCUT2D eigenvalue weighted by Crippen LogP contribution is -2.32. The standard InChI is InChI=1S/C30H40N6O/c1-5-7-17-35(6-2)29-21-28(32-25-14-12-23(3)13-15-25)33-30(34-29)36(19-20-37-4)18-16-24-22-31-27-11-9-8-10-26(24)27/h8-15,21-22,31H,5-7,16-20H2,1-4H3,(H,32,33,34). The summed E-state index contributed by atoms with van der Waals surface area (Å²) in [6, 6.07) is 18.9. The minimum Gasteiger partial charge on any atom is -0.383 e. The molecule has 7 nitrogen and oxygen atoms in total. The molecule has 0 bridgehead atoms. The van der Waals surface area contributed by atoms with Crippen molar-refractivity contribution in [2.45, 2.75) is 40.0 Å². The van der Waals surface area contributed by atoms with E-state index in [0.717, 1.165) is 62.2 Å². The Bertz CT molecular complexity index is 1250. The second kappa shape index (κ2) is 13.1. The van der Waals surface area contributed by atoms with Gasteiger partial charge in [0.1, 0.15) is 11.6 Å². The van der Waals surface area contributed by atoms with Gasteiger partial charge in [0, 0.05) is 62.1 Å². The topological polar surface area (TPSA) is 69.3 Å². The number of ether oxygens (including phenoxy) is 1. The monoisotopic (exact) mass is 500 g/mol. The molecule has 0 fully saturated rings. The Balaban J connectivity index is 1.65. The number of aromatic amines is 1. The predicted molar refractivity (Wildman–Crippen MR) is 155 cm³/mol. The van der Waals surface area contributed by atoms with Crippen molar-refractivity contribution in [1.82, 2.24) is 15.0 Å². The summed E-state index contributed by atoms with van der Waals surface area (Å²) >= 11 is 0. The minimum absolute atomic E-state index is 0.607. The molecule has 4 aromatic rings. The number of hydrogen-bond acceptors (Lipinski definition) is 6. The van der Waals surface area contributed by atoms with E-state index < -0.39 is 0 Å². The first-order valence-electron chi connectivity index (χ1n) is 13.4. The van der Waals surface area contributed by atoms with Crippen LogP contribution in [0.5, 0.6) is 0 Å². The molecule has 0 aliphatic heterocycles. The lowest BCUT2D eigenvalue weighted by molar-refractivity contribution is 0.205. The van der Waals surface area contributed by atoms with Crippen LogP contribution in [0, 0.1) is 6.92 Å². The summed E-state index contributed by atoms with van der Waals surface area (Å²) in [4.78, 5) is 18.0. The predicted octanol–water partition coefficient (Wildman–Crippen LogP) is 6.33. The van der Waals surface area contributed by atoms with E-state index in [2.05, 4.69) is 102 Å². The maximum Gasteiger partial charge on any atom is 0.229 e. The maximum atomic E-state index is 5.46. The van der Waals surface area contributed by atoms with Crippen LogP contribution in [-0.4, -0.2) is 54.8 Å². The van der Waals surface area contributed by atoms with E-state index in [9.17, 15) is 0 Å². The van der Waals surface area contributed by atoms with Crippen molar-refractivity contribution in [2.75, 3.05) is 55.0 Å². The van der Waals surface area contributed by atoms with Crippen LogP contribution in [0.4, 0.5) is 23.3 Å². The van der Waals surface area contributed by atoms with Gasteiger partial charge in [-0.2, -0.15) is 9.97 Å². The van der Waals surface area contributed by atoms with E-state index in [4.69, 9.17) is 14.7 Å². The lowest BCUT2D eigenvalue weighted by Gasteiger charge is -2.27. The van der Waals surface area contributed by atoms with Crippen LogP contribution < -0.4 is 15.1 Å². The highest BCUT2D eigenvalue weighted by Crippen LogP contribution is 2.25. The number of methoxy groups -OCH3 is 1. The molecule has 0 atom stereocenters. The first-order valence-corrected chi connectivity index (χ1v) is 13.4. The van der Waals surface area contributed by atoms with Gasteiger partial charge in [0.25, 0.3) is 0 Å². The van der Waals surface area contributed by atoms with E-state index in [1.54, 1.807) is 7.11 Å². The molecule has 0 saturated carbocycles. The normalized spacial score (nSPS) is 11.1. The average Bonchev–Trinajstić information content (AvgIpc) is 3.33. The second-order valence-corrected chi connectivity index (χ2v) is 9.42. The van der Waals surface area contributed by atoms with E-state index in [1.807, 2.05) is 0 Å². The Morgan fingerprint density at radius 1 is 0.946 bits per heavy atom. The number of benzene rings is 2. The maximum absolute atomic E-state index is 5.46. The highest BCUT2D eigenvalue weighted by Gasteiger charge is 2.17. The molecule has 0 unspecified atom stereocenters. The van der Waals surface area contributed by atoms with Crippen LogP contribution in [0.1, 0.15) is 37.8 Å². The van der Waals surface area contributed by atoms with Crippen molar-refractivity contribution in [2.24, 2.45) is 0 Å². The van der Waals surface area contributed by atoms with Crippen molar-refractivity contribution in [3.05, 3.63) is 71.9 Å². The van der Waals surface area contributed by atoms with Gasteiger partial charge in [0.2, 0.25) is 5.95 Å². The van der Waals surface area contributed by atoms with Crippen LogP contribution >= 0.6 is 0 Å². The number of fused-ring (bicyclic) bond motifs is 1. The number of rotatable bonds is 14. The summed E-state index contributed by atoms with van der Waals surface area (Å²) in [6.07, 6.45) is 5.27. The summed E-state index contributed by atoms with van der Waals surface area (Å²) < 4.78 is 5.46. The molecule has 7 heteroatoms. The average molecular weight is 501 g/mol. The van der Waals surface area contributed by atoms with Crippen LogP contribution in [0.15, 0.2) is 60.8 Å². The molecule has 4 rings (SSSR count). The third kappa shape index (κ3) is 7.01. The summed E-state index contributed by atoms with van der Waals surface area (Å²) in [6.45, 7) is 10.5. The van der Waals surface area contributed by atoms with E-state index in [-0.39, 0.29) is 0 Å². The SMILES string of the molecule is CCCCN(CC)c1cc(Nc2ccc(C)cc2)nc(N(CCOC)CCc2c[nH]c3ccccc23)n1. The van der Waals surface area contributed by atoms with Crippen molar-refractivity contribution in [3.8, 4) is 0 Å². The number of aryl methyl sites for hydroxylation is 1. The first kappa shape index (κ1) is 26.5. The third-order valence-corrected chi connectivity index (χ3v) is 6.69. The molecule has 0 aliphatic rings. The number of nitrogens with zero attached hydrogens (tertiary/aromatic N) is 4. The molecular weight excluding hydrogens is 460 g/mol. The Kier molecular flexibility index (Phi) is 9.38. The van der Waals surface area contributed by atoms with E-state index in [1.165, 1.54) is 22.0 Å². The molecular formula is C30H40N6O. The zero-order valence-corrected chi connectivity index (χ0v) is 22.6. The number of H-pyrrole nitrogens is 1. The number of unbranched alkanes of at least 4 members (excludes halogenated alkanes) is 1. The van der Waals surface area contributed by atoms with Crippen molar-refractivity contribution < 1.29 is 4.74 Å². The van der Waals surface area contributed by atoms with Crippen molar-refractivity contribution in [1.29, 1.82) is 0 Å². The van der Waals surface area contributed by atoms with Gasteiger partial charge in [-0.1, -0.05) is 49.2 Å². The molecule has 0 aliphatic carbocycles. The number of anilines is 4. The molecule has 0 spiro atoms. The summed E-state index contributed by atoms with van der Waals surface area (Å²) in [7, 11) is 1.74. The Morgan fingerprint density at radius 2 is 1.76 bits per heavy atom. The van der Waals surface area contributed by atoms with Gasteiger partial charge in [-0.3, -0.25) is 0 Å². The largest absolute Gasteiger partial charge is 0.383 e. The fourth-order valence-electron chi connectivity index (χ4n) is 4.47. The summed E-state index contributed by atoms with van der Waals surface area (Å²) in [5.74, 6) is 2.47. The van der Waals surface area contributed by atoms with E-state index >= 15 is 0 Å². The smallest absolute Gasteiger partial charge is 0.229 e. The van der Waals surface area contributed by atoms with Gasteiger partial charge in [-0.25, -0.2) is 0 Å². The molecule has 0 saturated heterocycles. The molecule has 2 N–H and O–H groups in total. The number of hydrogen-bond donors (Lipinski definition) is 2. The Morgan fingerprint density at radius 3 is 2.51 bits per heavy atom. The second-order valence-electron chi connectivity index (χ2n) is 9.42. The minimum atomic E-state index is 0.607. The number of nitrogens with one attached hydrogen (secondary N) is 2. The molecule has 2 aromatic carbocycles. The van der Waals surface area contributed by atoms with Gasteiger partial charge in [0.15, 0.2) is 0 Å². The van der Waals surface area contributed by atoms with Crippen LogP contribution in [0.3, 0.4) is 0 Å². The fourth-order valence-corrected chi connectivity index (χ4v) is 4.47. The Hall–Kier alpha value is -3.58. The molecule has 2 heterocycles. The summed E-state index contributed by atoms with van der Waals surface area (Å²) in [5.41, 5.74) is 4.71. The molecule has 37 heavy (non-hydrogen) atoms. The molecule has 0 amide bonds. The summed E-state index contributed by atoms with van der Waals surface area (Å²) in [5, 5.41) is 4.78. The highest BCUT2D eigenvalue weighted by molar-refractivity contribution is 5.83. The number of para-hydroxylation sites is 1. The first-order chi connectivity index (χ1) is 18.1. The van der Waals surface area contributed by atoms with Crippen molar-refractivity contribution >= 4 is 34.2 Å². The van der Waals surface area contributed by atoms with Gasteiger partial charge >= 0.3 is 0 Å². The molecule has 0 radical (unpaired) electrons. The van der Waals surface area contributed by atoms with Gasteiger partial charge in [-0.05, 0) is 50.5 Å². The quantitative estimate of drug-likeness (QED) is 0.211.